The molecule has 102 valence electrons. The maximum Gasteiger partial charge on any atom is 0.0448 e. The SMILES string of the molecule is CCC(N)C(SCCN(C)C)c1ccc(Br)cc1. The predicted octanol–water partition coefficient (Wildman–Crippen LogP) is 3.52. The molecule has 2 unspecified atom stereocenters. The van der Waals surface area contributed by atoms with Gasteiger partial charge in [-0.05, 0) is 38.2 Å². The average Bonchev–Trinajstić information content (AvgIpc) is 2.35. The first-order chi connectivity index (χ1) is 8.54. The highest BCUT2D eigenvalue weighted by Crippen LogP contribution is 2.33. The van der Waals surface area contributed by atoms with Crippen molar-refractivity contribution in [2.45, 2.75) is 24.6 Å². The third-order valence-corrected chi connectivity index (χ3v) is 4.82. The monoisotopic (exact) mass is 330 g/mol. The smallest absolute Gasteiger partial charge is 0.0448 e. The van der Waals surface area contributed by atoms with Gasteiger partial charge in [0.05, 0.1) is 0 Å². The first-order valence-corrected chi connectivity index (χ1v) is 8.16. The van der Waals surface area contributed by atoms with Gasteiger partial charge in [-0.25, -0.2) is 0 Å². The Kier molecular flexibility index (Phi) is 7.30. The summed E-state index contributed by atoms with van der Waals surface area (Å²) in [5.74, 6) is 1.11. The molecular formula is C14H23BrN2S. The minimum absolute atomic E-state index is 0.221. The quantitative estimate of drug-likeness (QED) is 0.829. The normalized spacial score (nSPS) is 14.8. The Balaban J connectivity index is 2.68. The summed E-state index contributed by atoms with van der Waals surface area (Å²) < 4.78 is 1.12. The summed E-state index contributed by atoms with van der Waals surface area (Å²) >= 11 is 5.44. The number of benzene rings is 1. The molecule has 2 nitrogen and oxygen atoms in total. The van der Waals surface area contributed by atoms with E-state index < -0.39 is 0 Å². The summed E-state index contributed by atoms with van der Waals surface area (Å²) in [7, 11) is 4.21. The van der Waals surface area contributed by atoms with Crippen molar-refractivity contribution in [2.75, 3.05) is 26.4 Å². The van der Waals surface area contributed by atoms with Gasteiger partial charge in [-0.3, -0.25) is 0 Å². The lowest BCUT2D eigenvalue weighted by atomic mass is 10.0. The maximum atomic E-state index is 6.26. The number of hydrogen-bond acceptors (Lipinski definition) is 3. The number of nitrogens with two attached hydrogens (primary N) is 1. The van der Waals surface area contributed by atoms with Crippen molar-refractivity contribution in [1.82, 2.24) is 4.90 Å². The molecule has 1 rings (SSSR count). The minimum Gasteiger partial charge on any atom is -0.326 e. The van der Waals surface area contributed by atoms with Gasteiger partial charge in [0, 0.05) is 28.1 Å². The van der Waals surface area contributed by atoms with Crippen LogP contribution in [0.5, 0.6) is 0 Å². The van der Waals surface area contributed by atoms with Crippen molar-refractivity contribution >= 4 is 27.7 Å². The third-order valence-electron chi connectivity index (χ3n) is 2.89. The van der Waals surface area contributed by atoms with Crippen LogP contribution < -0.4 is 5.73 Å². The first kappa shape index (κ1) is 16.0. The van der Waals surface area contributed by atoms with Crippen LogP contribution in [0.3, 0.4) is 0 Å². The van der Waals surface area contributed by atoms with E-state index in [1.165, 1.54) is 5.56 Å². The Morgan fingerprint density at radius 1 is 1.28 bits per heavy atom. The average molecular weight is 331 g/mol. The van der Waals surface area contributed by atoms with Gasteiger partial charge in [0.2, 0.25) is 0 Å². The molecule has 0 aromatic heterocycles. The Hall–Kier alpha value is -0.0300. The molecule has 0 amide bonds. The second kappa shape index (κ2) is 8.20. The van der Waals surface area contributed by atoms with Gasteiger partial charge in [-0.2, -0.15) is 11.8 Å². The van der Waals surface area contributed by atoms with E-state index in [-0.39, 0.29) is 6.04 Å². The van der Waals surface area contributed by atoms with E-state index in [4.69, 9.17) is 5.73 Å². The molecule has 0 radical (unpaired) electrons. The van der Waals surface area contributed by atoms with Crippen molar-refractivity contribution in [2.24, 2.45) is 5.73 Å². The molecule has 2 atom stereocenters. The molecule has 0 spiro atoms. The van der Waals surface area contributed by atoms with Gasteiger partial charge < -0.3 is 10.6 Å². The Morgan fingerprint density at radius 2 is 1.89 bits per heavy atom. The number of halogens is 1. The van der Waals surface area contributed by atoms with E-state index >= 15 is 0 Å². The summed E-state index contributed by atoms with van der Waals surface area (Å²) in [6, 6.07) is 8.76. The lowest BCUT2D eigenvalue weighted by molar-refractivity contribution is 0.437. The summed E-state index contributed by atoms with van der Waals surface area (Å²) in [5.41, 5.74) is 7.59. The zero-order valence-corrected chi connectivity index (χ0v) is 13.8. The van der Waals surface area contributed by atoms with Crippen LogP contribution in [0.4, 0.5) is 0 Å². The molecule has 0 aliphatic heterocycles. The van der Waals surface area contributed by atoms with Crippen LogP contribution in [0.2, 0.25) is 0 Å². The molecule has 0 saturated carbocycles. The summed E-state index contributed by atoms with van der Waals surface area (Å²) in [4.78, 5) is 2.21. The van der Waals surface area contributed by atoms with E-state index in [0.29, 0.717) is 5.25 Å². The molecule has 2 N–H and O–H groups in total. The minimum atomic E-state index is 0.221. The van der Waals surface area contributed by atoms with Crippen LogP contribution in [0, 0.1) is 0 Å². The van der Waals surface area contributed by atoms with E-state index in [9.17, 15) is 0 Å². The molecule has 1 aromatic rings. The summed E-state index contributed by atoms with van der Waals surface area (Å²) in [6.07, 6.45) is 1.01. The molecule has 0 aliphatic rings. The fourth-order valence-electron chi connectivity index (χ4n) is 1.70. The van der Waals surface area contributed by atoms with Gasteiger partial charge in [-0.1, -0.05) is 35.0 Å². The van der Waals surface area contributed by atoms with Gasteiger partial charge in [-0.15, -0.1) is 0 Å². The Morgan fingerprint density at radius 3 is 2.39 bits per heavy atom. The first-order valence-electron chi connectivity index (χ1n) is 6.32. The number of thioether (sulfide) groups is 1. The second-order valence-corrected chi connectivity index (χ2v) is 6.88. The molecule has 1 aromatic carbocycles. The van der Waals surface area contributed by atoms with E-state index in [1.54, 1.807) is 0 Å². The van der Waals surface area contributed by atoms with Crippen LogP contribution in [-0.4, -0.2) is 37.3 Å². The standard InChI is InChI=1S/C14H23BrN2S/c1-4-13(16)14(18-10-9-17(2)3)11-5-7-12(15)8-6-11/h5-8,13-14H,4,9-10,16H2,1-3H3. The fraction of sp³-hybridized carbons (Fsp3) is 0.571. The van der Waals surface area contributed by atoms with Crippen LogP contribution in [0.1, 0.15) is 24.2 Å². The Bertz CT molecular complexity index is 340. The van der Waals surface area contributed by atoms with E-state index in [1.807, 2.05) is 11.8 Å². The van der Waals surface area contributed by atoms with Crippen molar-refractivity contribution < 1.29 is 0 Å². The molecule has 0 heterocycles. The number of nitrogens with zero attached hydrogens (tertiary/aromatic N) is 1. The fourth-order valence-corrected chi connectivity index (χ4v) is 3.47. The molecule has 18 heavy (non-hydrogen) atoms. The number of rotatable bonds is 7. The molecule has 0 bridgehead atoms. The molecule has 0 fully saturated rings. The second-order valence-electron chi connectivity index (χ2n) is 4.72. The third kappa shape index (κ3) is 5.31. The van der Waals surface area contributed by atoms with Crippen molar-refractivity contribution in [1.29, 1.82) is 0 Å². The van der Waals surface area contributed by atoms with Crippen LogP contribution in [0.25, 0.3) is 0 Å². The maximum absolute atomic E-state index is 6.26. The largest absolute Gasteiger partial charge is 0.326 e. The zero-order chi connectivity index (χ0) is 13.5. The van der Waals surface area contributed by atoms with Crippen LogP contribution >= 0.6 is 27.7 Å². The van der Waals surface area contributed by atoms with Gasteiger partial charge in [0.1, 0.15) is 0 Å². The predicted molar refractivity (Wildman–Crippen MR) is 86.2 cm³/mol. The van der Waals surface area contributed by atoms with Crippen molar-refractivity contribution in [3.05, 3.63) is 34.3 Å². The lowest BCUT2D eigenvalue weighted by Crippen LogP contribution is -2.27. The van der Waals surface area contributed by atoms with Crippen molar-refractivity contribution in [3.8, 4) is 0 Å². The van der Waals surface area contributed by atoms with Gasteiger partial charge in [0.15, 0.2) is 0 Å². The summed E-state index contributed by atoms with van der Waals surface area (Å²) in [6.45, 7) is 3.25. The van der Waals surface area contributed by atoms with Gasteiger partial charge >= 0.3 is 0 Å². The topological polar surface area (TPSA) is 29.3 Å². The summed E-state index contributed by atoms with van der Waals surface area (Å²) in [5, 5.41) is 0.392. The molecule has 0 saturated heterocycles. The van der Waals surface area contributed by atoms with E-state index in [2.05, 4.69) is 66.1 Å². The zero-order valence-electron chi connectivity index (χ0n) is 11.4. The highest BCUT2D eigenvalue weighted by Gasteiger charge is 2.18. The van der Waals surface area contributed by atoms with Crippen LogP contribution in [-0.2, 0) is 0 Å². The van der Waals surface area contributed by atoms with Crippen molar-refractivity contribution in [3.63, 3.8) is 0 Å². The molecule has 4 heteroatoms. The highest BCUT2D eigenvalue weighted by atomic mass is 79.9. The molecule has 0 aliphatic carbocycles. The Labute approximate surface area is 123 Å². The number of hydrogen-bond donors (Lipinski definition) is 1. The lowest BCUT2D eigenvalue weighted by Gasteiger charge is -2.23. The van der Waals surface area contributed by atoms with Crippen LogP contribution in [0.15, 0.2) is 28.7 Å². The van der Waals surface area contributed by atoms with Gasteiger partial charge in [0.25, 0.3) is 0 Å². The molecular weight excluding hydrogens is 308 g/mol. The highest BCUT2D eigenvalue weighted by molar-refractivity contribution is 9.10. The van der Waals surface area contributed by atoms with E-state index in [0.717, 1.165) is 23.2 Å².